The van der Waals surface area contributed by atoms with Crippen molar-refractivity contribution in [1.82, 2.24) is 19.9 Å². The van der Waals surface area contributed by atoms with Crippen LogP contribution in [0.1, 0.15) is 18.7 Å². The Labute approximate surface area is 179 Å². The van der Waals surface area contributed by atoms with Crippen molar-refractivity contribution < 1.29 is 4.74 Å². The Kier molecular flexibility index (Phi) is 7.11. The monoisotopic (exact) mass is 406 g/mol. The fraction of sp³-hybridized carbons (Fsp3) is 0.522. The molecule has 0 unspecified atom stereocenters. The van der Waals surface area contributed by atoms with Crippen molar-refractivity contribution in [2.75, 3.05) is 62.2 Å². The lowest BCUT2D eigenvalue weighted by atomic mass is 10.1. The molecule has 2 fully saturated rings. The van der Waals surface area contributed by atoms with Gasteiger partial charge in [0.1, 0.15) is 24.1 Å². The van der Waals surface area contributed by atoms with E-state index in [1.54, 1.807) is 0 Å². The van der Waals surface area contributed by atoms with Crippen molar-refractivity contribution >= 4 is 11.6 Å². The zero-order valence-electron chi connectivity index (χ0n) is 17.7. The first-order valence-corrected chi connectivity index (χ1v) is 10.8. The van der Waals surface area contributed by atoms with E-state index in [1.807, 2.05) is 37.5 Å². The molecule has 0 atom stereocenters. The normalized spacial score (nSPS) is 18.2. The molecule has 7 heteroatoms. The average molecular weight is 407 g/mol. The maximum Gasteiger partial charge on any atom is 0.132 e. The quantitative estimate of drug-likeness (QED) is 0.704. The van der Waals surface area contributed by atoms with Crippen LogP contribution in [-0.4, -0.2) is 78.4 Å². The molecule has 0 radical (unpaired) electrons. The minimum absolute atomic E-state index is 0.292. The molecule has 4 rings (SSSR count). The predicted molar refractivity (Wildman–Crippen MR) is 119 cm³/mol. The lowest BCUT2D eigenvalue weighted by Crippen LogP contribution is -2.46. The highest BCUT2D eigenvalue weighted by Gasteiger charge is 2.20. The summed E-state index contributed by atoms with van der Waals surface area (Å²) in [7, 11) is 0. The largest absolute Gasteiger partial charge is 0.365 e. The molecule has 2 saturated heterocycles. The smallest absolute Gasteiger partial charge is 0.132 e. The number of hydrogen-bond donors (Lipinski definition) is 0. The van der Waals surface area contributed by atoms with Gasteiger partial charge < -0.3 is 14.5 Å². The fourth-order valence-corrected chi connectivity index (χ4v) is 3.93. The summed E-state index contributed by atoms with van der Waals surface area (Å²) in [5.41, 5.74) is 0. The number of aryl methyl sites for hydroxylation is 1. The van der Waals surface area contributed by atoms with Crippen LogP contribution in [0, 0.1) is 18.8 Å². The number of pyridine rings is 1. The van der Waals surface area contributed by atoms with Crippen LogP contribution in [0.25, 0.3) is 0 Å². The first-order valence-electron chi connectivity index (χ1n) is 10.8. The molecule has 2 aromatic rings. The van der Waals surface area contributed by atoms with Gasteiger partial charge in [-0.25, -0.2) is 15.0 Å². The Morgan fingerprint density at radius 3 is 2.43 bits per heavy atom. The summed E-state index contributed by atoms with van der Waals surface area (Å²) in [6.07, 6.45) is 6.00. The molecule has 0 bridgehead atoms. The minimum Gasteiger partial charge on any atom is -0.365 e. The van der Waals surface area contributed by atoms with Gasteiger partial charge in [0.25, 0.3) is 0 Å². The molecule has 2 aliphatic heterocycles. The maximum atomic E-state index is 5.99. The van der Waals surface area contributed by atoms with E-state index in [0.29, 0.717) is 12.7 Å². The van der Waals surface area contributed by atoms with Gasteiger partial charge in [0, 0.05) is 51.7 Å². The summed E-state index contributed by atoms with van der Waals surface area (Å²) in [5.74, 6) is 9.38. The molecule has 0 aliphatic carbocycles. The number of aromatic nitrogens is 3. The second-order valence-electron chi connectivity index (χ2n) is 7.76. The molecule has 4 heterocycles. The van der Waals surface area contributed by atoms with Crippen LogP contribution in [0.4, 0.5) is 11.6 Å². The Bertz CT molecular complexity index is 849. The summed E-state index contributed by atoms with van der Waals surface area (Å²) < 4.78 is 5.99. The molecular weight excluding hydrogens is 376 g/mol. The lowest BCUT2D eigenvalue weighted by Gasteiger charge is -2.34. The second kappa shape index (κ2) is 10.4. The van der Waals surface area contributed by atoms with E-state index in [-0.39, 0.29) is 0 Å². The first kappa shape index (κ1) is 20.6. The predicted octanol–water partition coefficient (Wildman–Crippen LogP) is 1.99. The Hall–Kier alpha value is -2.69. The maximum absolute atomic E-state index is 5.99. The molecule has 0 spiro atoms. The molecule has 2 aromatic heterocycles. The summed E-state index contributed by atoms with van der Waals surface area (Å²) in [4.78, 5) is 20.2. The standard InChI is InChI=1S/C23H30N6O/c1-20-24-11-7-23(26-20)28-13-8-21(9-14-28)30-19-5-4-12-27-15-17-29(18-16-27)22-6-2-3-10-25-22/h2-3,6-7,10-11,21H,8-9,12-19H2,1H3. The van der Waals surface area contributed by atoms with E-state index in [9.17, 15) is 0 Å². The Morgan fingerprint density at radius 2 is 1.70 bits per heavy atom. The third-order valence-electron chi connectivity index (χ3n) is 5.69. The molecule has 2 aliphatic rings. The van der Waals surface area contributed by atoms with Crippen molar-refractivity contribution in [3.63, 3.8) is 0 Å². The zero-order valence-corrected chi connectivity index (χ0v) is 17.7. The second-order valence-corrected chi connectivity index (χ2v) is 7.76. The number of ether oxygens (including phenoxy) is 1. The van der Waals surface area contributed by atoms with E-state index in [4.69, 9.17) is 4.74 Å². The Balaban J connectivity index is 1.11. The van der Waals surface area contributed by atoms with Crippen LogP contribution in [0.2, 0.25) is 0 Å². The van der Waals surface area contributed by atoms with Crippen molar-refractivity contribution in [2.45, 2.75) is 25.9 Å². The highest BCUT2D eigenvalue weighted by Crippen LogP contribution is 2.19. The van der Waals surface area contributed by atoms with E-state index in [2.05, 4.69) is 47.6 Å². The minimum atomic E-state index is 0.292. The molecule has 7 nitrogen and oxygen atoms in total. The molecule has 0 N–H and O–H groups in total. The van der Waals surface area contributed by atoms with Gasteiger partial charge in [0.15, 0.2) is 0 Å². The highest BCUT2D eigenvalue weighted by atomic mass is 16.5. The third-order valence-corrected chi connectivity index (χ3v) is 5.69. The van der Waals surface area contributed by atoms with Crippen LogP contribution in [-0.2, 0) is 4.74 Å². The van der Waals surface area contributed by atoms with Crippen molar-refractivity contribution in [2.24, 2.45) is 0 Å². The van der Waals surface area contributed by atoms with Gasteiger partial charge in [-0.15, -0.1) is 0 Å². The van der Waals surface area contributed by atoms with Crippen LogP contribution in [0.3, 0.4) is 0 Å². The molecule has 0 aromatic carbocycles. The highest BCUT2D eigenvalue weighted by molar-refractivity contribution is 5.38. The first-order chi connectivity index (χ1) is 14.8. The van der Waals surface area contributed by atoms with Crippen molar-refractivity contribution in [3.8, 4) is 11.8 Å². The molecule has 0 amide bonds. The Morgan fingerprint density at radius 1 is 0.900 bits per heavy atom. The van der Waals surface area contributed by atoms with Crippen LogP contribution >= 0.6 is 0 Å². The van der Waals surface area contributed by atoms with Gasteiger partial charge in [0.2, 0.25) is 0 Å². The van der Waals surface area contributed by atoms with Crippen molar-refractivity contribution in [1.29, 1.82) is 0 Å². The molecule has 0 saturated carbocycles. The summed E-state index contributed by atoms with van der Waals surface area (Å²) in [5, 5.41) is 0. The molecular formula is C23H30N6O. The summed E-state index contributed by atoms with van der Waals surface area (Å²) >= 11 is 0. The lowest BCUT2D eigenvalue weighted by molar-refractivity contribution is 0.0593. The van der Waals surface area contributed by atoms with Gasteiger partial charge >= 0.3 is 0 Å². The number of piperidine rings is 1. The fourth-order valence-electron chi connectivity index (χ4n) is 3.93. The summed E-state index contributed by atoms with van der Waals surface area (Å²) in [6.45, 7) is 9.23. The van der Waals surface area contributed by atoms with Gasteiger partial charge in [0.05, 0.1) is 12.6 Å². The number of piperazine rings is 1. The van der Waals surface area contributed by atoms with Gasteiger partial charge in [-0.05, 0) is 38.0 Å². The van der Waals surface area contributed by atoms with Gasteiger partial charge in [-0.3, -0.25) is 4.90 Å². The number of rotatable bonds is 5. The average Bonchev–Trinajstić information content (AvgIpc) is 2.80. The van der Waals surface area contributed by atoms with Gasteiger partial charge in [-0.2, -0.15) is 0 Å². The topological polar surface area (TPSA) is 57.6 Å². The number of hydrogen-bond acceptors (Lipinski definition) is 7. The van der Waals surface area contributed by atoms with E-state index >= 15 is 0 Å². The van der Waals surface area contributed by atoms with Gasteiger partial charge in [-0.1, -0.05) is 17.9 Å². The number of nitrogens with zero attached hydrogens (tertiary/aromatic N) is 6. The van der Waals surface area contributed by atoms with Crippen LogP contribution < -0.4 is 9.80 Å². The summed E-state index contributed by atoms with van der Waals surface area (Å²) in [6, 6.07) is 8.06. The molecule has 158 valence electrons. The van der Waals surface area contributed by atoms with Crippen LogP contribution in [0.5, 0.6) is 0 Å². The van der Waals surface area contributed by atoms with E-state index in [0.717, 1.165) is 76.1 Å². The molecule has 30 heavy (non-hydrogen) atoms. The SMILES string of the molecule is Cc1nccc(N2CCC(OCC#CCN3CCN(c4ccccn4)CC3)CC2)n1. The van der Waals surface area contributed by atoms with E-state index in [1.165, 1.54) is 0 Å². The number of anilines is 2. The van der Waals surface area contributed by atoms with E-state index < -0.39 is 0 Å². The van der Waals surface area contributed by atoms with Crippen molar-refractivity contribution in [3.05, 3.63) is 42.5 Å². The zero-order chi connectivity index (χ0) is 20.6. The van der Waals surface area contributed by atoms with Crippen LogP contribution in [0.15, 0.2) is 36.7 Å². The third kappa shape index (κ3) is 5.68.